The van der Waals surface area contributed by atoms with Crippen molar-refractivity contribution in [1.29, 1.82) is 0 Å². The summed E-state index contributed by atoms with van der Waals surface area (Å²) in [6.07, 6.45) is 0. The van der Waals surface area contributed by atoms with E-state index >= 15 is 0 Å². The third kappa shape index (κ3) is 3.10. The zero-order chi connectivity index (χ0) is 17.3. The number of carbonyl (C=O) groups is 1. The number of hydrogen-bond acceptors (Lipinski definition) is 2. The van der Waals surface area contributed by atoms with Crippen LogP contribution in [0.5, 0.6) is 0 Å². The lowest BCUT2D eigenvalue weighted by atomic mass is 10.0. The monoisotopic (exact) mass is 342 g/mol. The van der Waals surface area contributed by atoms with Crippen LogP contribution in [0.4, 0.5) is 4.39 Å². The summed E-state index contributed by atoms with van der Waals surface area (Å²) in [6, 6.07) is 14.9. The molecule has 1 atom stereocenters. The lowest BCUT2D eigenvalue weighted by molar-refractivity contribution is 0.0740. The van der Waals surface area contributed by atoms with Gasteiger partial charge in [-0.3, -0.25) is 4.79 Å². The Morgan fingerprint density at radius 1 is 1.17 bits per heavy atom. The van der Waals surface area contributed by atoms with E-state index < -0.39 is 0 Å². The number of pyridine rings is 1. The molecule has 0 N–H and O–H groups in total. The van der Waals surface area contributed by atoms with Crippen molar-refractivity contribution in [3.8, 4) is 0 Å². The Bertz CT molecular complexity index is 913. The second-order valence-corrected chi connectivity index (χ2v) is 6.04. The van der Waals surface area contributed by atoms with E-state index in [0.29, 0.717) is 16.3 Å². The van der Waals surface area contributed by atoms with Crippen molar-refractivity contribution in [2.24, 2.45) is 0 Å². The van der Waals surface area contributed by atoms with Crippen LogP contribution in [0.15, 0.2) is 54.6 Å². The number of carbonyl (C=O) groups excluding carboxylic acids is 1. The lowest BCUT2D eigenvalue weighted by Gasteiger charge is -2.26. The molecule has 2 aromatic carbocycles. The summed E-state index contributed by atoms with van der Waals surface area (Å²) in [5.41, 5.74) is 1.74. The summed E-state index contributed by atoms with van der Waals surface area (Å²) in [7, 11) is 1.67. The minimum Gasteiger partial charge on any atom is -0.335 e. The molecule has 1 aromatic heterocycles. The molecule has 3 aromatic rings. The van der Waals surface area contributed by atoms with Crippen LogP contribution < -0.4 is 0 Å². The fourth-order valence-corrected chi connectivity index (χ4v) is 2.79. The number of halogens is 2. The predicted octanol–water partition coefficient (Wildman–Crippen LogP) is 4.86. The Balaban J connectivity index is 1.90. The average molecular weight is 343 g/mol. The van der Waals surface area contributed by atoms with Gasteiger partial charge in [-0.15, -0.1) is 0 Å². The highest BCUT2D eigenvalue weighted by Crippen LogP contribution is 2.24. The van der Waals surface area contributed by atoms with E-state index in [2.05, 4.69) is 4.98 Å². The Labute approximate surface area is 144 Å². The zero-order valence-electron chi connectivity index (χ0n) is 13.3. The summed E-state index contributed by atoms with van der Waals surface area (Å²) in [6.45, 7) is 1.80. The highest BCUT2D eigenvalue weighted by atomic mass is 35.5. The zero-order valence-corrected chi connectivity index (χ0v) is 14.1. The minimum absolute atomic E-state index is 0.178. The molecular formula is C19H16ClFN2O. The summed E-state index contributed by atoms with van der Waals surface area (Å²) >= 11 is 5.87. The van der Waals surface area contributed by atoms with E-state index in [9.17, 15) is 9.18 Å². The standard InChI is InChI=1S/C19H16ClFN2O/c1-12(15-5-3-4-6-16(15)21)23(2)19(24)14-7-9-17-13(11-14)8-10-18(20)22-17/h3-12H,1-2H3. The van der Waals surface area contributed by atoms with Gasteiger partial charge in [-0.25, -0.2) is 9.37 Å². The van der Waals surface area contributed by atoms with Crippen LogP contribution in [-0.2, 0) is 0 Å². The maximum absolute atomic E-state index is 14.0. The van der Waals surface area contributed by atoms with Gasteiger partial charge < -0.3 is 4.90 Å². The van der Waals surface area contributed by atoms with Crippen LogP contribution in [-0.4, -0.2) is 22.8 Å². The molecule has 1 amide bonds. The molecule has 122 valence electrons. The van der Waals surface area contributed by atoms with E-state index in [1.807, 2.05) is 6.07 Å². The molecule has 0 aliphatic rings. The molecule has 24 heavy (non-hydrogen) atoms. The highest BCUT2D eigenvalue weighted by molar-refractivity contribution is 6.29. The maximum Gasteiger partial charge on any atom is 0.254 e. The van der Waals surface area contributed by atoms with Gasteiger partial charge in [-0.05, 0) is 43.3 Å². The molecule has 1 unspecified atom stereocenters. The van der Waals surface area contributed by atoms with Gasteiger partial charge >= 0.3 is 0 Å². The van der Waals surface area contributed by atoms with Crippen molar-refractivity contribution < 1.29 is 9.18 Å². The minimum atomic E-state index is -0.377. The van der Waals surface area contributed by atoms with Gasteiger partial charge in [0.1, 0.15) is 11.0 Å². The first-order valence-electron chi connectivity index (χ1n) is 7.55. The first kappa shape index (κ1) is 16.4. The quantitative estimate of drug-likeness (QED) is 0.637. The molecule has 0 spiro atoms. The smallest absolute Gasteiger partial charge is 0.254 e. The van der Waals surface area contributed by atoms with E-state index in [-0.39, 0.29) is 17.8 Å². The van der Waals surface area contributed by atoms with Gasteiger partial charge in [0.25, 0.3) is 5.91 Å². The molecule has 0 aliphatic heterocycles. The van der Waals surface area contributed by atoms with Crippen LogP contribution >= 0.6 is 11.6 Å². The van der Waals surface area contributed by atoms with Crippen LogP contribution in [0.3, 0.4) is 0 Å². The second-order valence-electron chi connectivity index (χ2n) is 5.65. The van der Waals surface area contributed by atoms with Crippen molar-refractivity contribution in [2.75, 3.05) is 7.05 Å². The first-order valence-corrected chi connectivity index (χ1v) is 7.93. The SMILES string of the molecule is CC(c1ccccc1F)N(C)C(=O)c1ccc2nc(Cl)ccc2c1. The first-order chi connectivity index (χ1) is 11.5. The average Bonchev–Trinajstić information content (AvgIpc) is 2.59. The lowest BCUT2D eigenvalue weighted by Crippen LogP contribution is -2.30. The summed E-state index contributed by atoms with van der Waals surface area (Å²) in [5, 5.41) is 1.24. The number of benzene rings is 2. The molecule has 0 fully saturated rings. The molecular weight excluding hydrogens is 327 g/mol. The summed E-state index contributed by atoms with van der Waals surface area (Å²) in [5.74, 6) is -0.496. The molecule has 3 nitrogen and oxygen atoms in total. The number of amides is 1. The molecule has 0 radical (unpaired) electrons. The fourth-order valence-electron chi connectivity index (χ4n) is 2.64. The topological polar surface area (TPSA) is 33.2 Å². The van der Waals surface area contributed by atoms with Gasteiger partial charge in [0.05, 0.1) is 11.6 Å². The normalized spacial score (nSPS) is 12.2. The van der Waals surface area contributed by atoms with Gasteiger partial charge in [0, 0.05) is 23.6 Å². The van der Waals surface area contributed by atoms with Crippen molar-refractivity contribution in [3.05, 3.63) is 76.7 Å². The molecule has 0 saturated carbocycles. The molecule has 0 aliphatic carbocycles. The Kier molecular flexibility index (Phi) is 4.49. The number of hydrogen-bond donors (Lipinski definition) is 0. The van der Waals surface area contributed by atoms with Gasteiger partial charge in [0.2, 0.25) is 0 Å². The number of nitrogens with zero attached hydrogens (tertiary/aromatic N) is 2. The van der Waals surface area contributed by atoms with E-state index in [0.717, 1.165) is 10.9 Å². The van der Waals surface area contributed by atoms with Gasteiger partial charge in [0.15, 0.2) is 0 Å². The van der Waals surface area contributed by atoms with Crippen LogP contribution in [0, 0.1) is 5.82 Å². The molecule has 0 bridgehead atoms. The van der Waals surface area contributed by atoms with Crippen LogP contribution in [0.2, 0.25) is 5.15 Å². The van der Waals surface area contributed by atoms with Crippen molar-refractivity contribution in [3.63, 3.8) is 0 Å². The van der Waals surface area contributed by atoms with Gasteiger partial charge in [-0.2, -0.15) is 0 Å². The summed E-state index contributed by atoms with van der Waals surface area (Å²) in [4.78, 5) is 18.5. The maximum atomic E-state index is 14.0. The largest absolute Gasteiger partial charge is 0.335 e. The predicted molar refractivity (Wildman–Crippen MR) is 93.7 cm³/mol. The van der Waals surface area contributed by atoms with E-state index in [1.165, 1.54) is 11.0 Å². The fraction of sp³-hybridized carbons (Fsp3) is 0.158. The summed E-state index contributed by atoms with van der Waals surface area (Å²) < 4.78 is 14.0. The Hall–Kier alpha value is -2.46. The number of aromatic nitrogens is 1. The van der Waals surface area contributed by atoms with E-state index in [4.69, 9.17) is 11.6 Å². The molecule has 3 rings (SSSR count). The highest BCUT2D eigenvalue weighted by Gasteiger charge is 2.21. The Morgan fingerprint density at radius 3 is 2.67 bits per heavy atom. The van der Waals surface area contributed by atoms with Crippen LogP contribution in [0.1, 0.15) is 28.9 Å². The molecule has 1 heterocycles. The third-order valence-electron chi connectivity index (χ3n) is 4.16. The Morgan fingerprint density at radius 2 is 1.92 bits per heavy atom. The van der Waals surface area contributed by atoms with Crippen molar-refractivity contribution >= 4 is 28.4 Å². The van der Waals surface area contributed by atoms with Crippen molar-refractivity contribution in [1.82, 2.24) is 9.88 Å². The molecule has 5 heteroatoms. The van der Waals surface area contributed by atoms with Gasteiger partial charge in [-0.1, -0.05) is 29.8 Å². The third-order valence-corrected chi connectivity index (χ3v) is 4.37. The number of fused-ring (bicyclic) bond motifs is 1. The van der Waals surface area contributed by atoms with Crippen LogP contribution in [0.25, 0.3) is 10.9 Å². The molecule has 0 saturated heterocycles. The van der Waals surface area contributed by atoms with E-state index in [1.54, 1.807) is 56.4 Å². The number of rotatable bonds is 3. The second kappa shape index (κ2) is 6.57. The van der Waals surface area contributed by atoms with Crippen molar-refractivity contribution in [2.45, 2.75) is 13.0 Å².